The number of rotatable bonds is 2. The lowest BCUT2D eigenvalue weighted by atomic mass is 10.0. The molecular formula is C20H15BrN6. The van der Waals surface area contributed by atoms with E-state index >= 15 is 0 Å². The Labute approximate surface area is 163 Å². The molecule has 0 bridgehead atoms. The van der Waals surface area contributed by atoms with Crippen LogP contribution in [0.15, 0.2) is 59.3 Å². The zero-order chi connectivity index (χ0) is 18.5. The second-order valence-corrected chi connectivity index (χ2v) is 7.35. The van der Waals surface area contributed by atoms with Crippen LogP contribution in [0.4, 0.5) is 5.95 Å². The second-order valence-electron chi connectivity index (χ2n) is 6.43. The minimum Gasteiger partial charge on any atom is -0.366 e. The highest BCUT2D eigenvalue weighted by Gasteiger charge is 2.19. The van der Waals surface area contributed by atoms with Crippen molar-refractivity contribution >= 4 is 43.7 Å². The Morgan fingerprint density at radius 3 is 2.74 bits per heavy atom. The van der Waals surface area contributed by atoms with Crippen molar-refractivity contribution in [1.29, 1.82) is 0 Å². The molecule has 0 aliphatic heterocycles. The first-order valence-electron chi connectivity index (χ1n) is 8.43. The van der Waals surface area contributed by atoms with Gasteiger partial charge in [-0.1, -0.05) is 34.1 Å². The van der Waals surface area contributed by atoms with Crippen LogP contribution >= 0.6 is 15.9 Å². The lowest BCUT2D eigenvalue weighted by Gasteiger charge is -2.07. The minimum absolute atomic E-state index is 0.155. The fourth-order valence-corrected chi connectivity index (χ4v) is 3.89. The summed E-state index contributed by atoms with van der Waals surface area (Å²) in [5.74, 6) is 0.155. The number of anilines is 1. The van der Waals surface area contributed by atoms with E-state index in [4.69, 9.17) is 5.73 Å². The SMILES string of the molecule is Cn1cc(-c2nc(N)nnc2-c2c[nH]c3ccc(Br)cc23)c2ccccc21. The van der Waals surface area contributed by atoms with Gasteiger partial charge in [-0.15, -0.1) is 10.2 Å². The lowest BCUT2D eigenvalue weighted by molar-refractivity contribution is 0.965. The van der Waals surface area contributed by atoms with Gasteiger partial charge in [0.2, 0.25) is 5.95 Å². The van der Waals surface area contributed by atoms with Crippen molar-refractivity contribution < 1.29 is 0 Å². The predicted octanol–water partition coefficient (Wildman–Crippen LogP) is 4.52. The Morgan fingerprint density at radius 2 is 1.85 bits per heavy atom. The number of halogens is 1. The number of fused-ring (bicyclic) bond motifs is 2. The van der Waals surface area contributed by atoms with Crippen LogP contribution < -0.4 is 5.73 Å². The van der Waals surface area contributed by atoms with Crippen molar-refractivity contribution in [2.24, 2.45) is 7.05 Å². The molecule has 5 aromatic rings. The minimum atomic E-state index is 0.155. The van der Waals surface area contributed by atoms with Crippen LogP contribution in [0.5, 0.6) is 0 Å². The van der Waals surface area contributed by atoms with Gasteiger partial charge in [0.25, 0.3) is 0 Å². The van der Waals surface area contributed by atoms with Gasteiger partial charge in [-0.2, -0.15) is 0 Å². The van der Waals surface area contributed by atoms with Gasteiger partial charge < -0.3 is 15.3 Å². The Bertz CT molecular complexity index is 1320. The third-order valence-electron chi connectivity index (χ3n) is 4.75. The maximum atomic E-state index is 5.90. The quantitative estimate of drug-likeness (QED) is 0.441. The molecule has 7 heteroatoms. The number of hydrogen-bond acceptors (Lipinski definition) is 4. The van der Waals surface area contributed by atoms with E-state index in [9.17, 15) is 0 Å². The highest BCUT2D eigenvalue weighted by atomic mass is 79.9. The molecular weight excluding hydrogens is 404 g/mol. The van der Waals surface area contributed by atoms with Crippen molar-refractivity contribution in [2.75, 3.05) is 5.73 Å². The van der Waals surface area contributed by atoms with E-state index in [2.05, 4.69) is 65.1 Å². The van der Waals surface area contributed by atoms with E-state index in [1.807, 2.05) is 37.5 Å². The largest absolute Gasteiger partial charge is 0.366 e. The fraction of sp³-hybridized carbons (Fsp3) is 0.0500. The summed E-state index contributed by atoms with van der Waals surface area (Å²) in [7, 11) is 2.02. The van der Waals surface area contributed by atoms with Crippen LogP contribution in [-0.4, -0.2) is 24.7 Å². The topological polar surface area (TPSA) is 85.4 Å². The molecule has 0 spiro atoms. The summed E-state index contributed by atoms with van der Waals surface area (Å²) in [6.45, 7) is 0. The molecule has 3 aromatic heterocycles. The molecule has 3 N–H and O–H groups in total. The van der Waals surface area contributed by atoms with Crippen LogP contribution in [-0.2, 0) is 7.05 Å². The Hall–Kier alpha value is -3.19. The number of nitrogens with two attached hydrogens (primary N) is 1. The van der Waals surface area contributed by atoms with E-state index in [1.165, 1.54) is 0 Å². The van der Waals surface area contributed by atoms with Crippen molar-refractivity contribution in [3.63, 3.8) is 0 Å². The summed E-state index contributed by atoms with van der Waals surface area (Å²) in [5.41, 5.74) is 11.4. The number of nitrogens with one attached hydrogen (secondary N) is 1. The molecule has 5 rings (SSSR count). The normalized spacial score (nSPS) is 11.5. The lowest BCUT2D eigenvalue weighted by Crippen LogP contribution is -2.02. The van der Waals surface area contributed by atoms with Crippen LogP contribution in [0.1, 0.15) is 0 Å². The molecule has 0 amide bonds. The average Bonchev–Trinajstić information content (AvgIpc) is 3.23. The number of nitrogen functional groups attached to an aromatic ring is 1. The van der Waals surface area contributed by atoms with Crippen LogP contribution in [0.3, 0.4) is 0 Å². The number of H-pyrrole nitrogens is 1. The van der Waals surface area contributed by atoms with Gasteiger partial charge >= 0.3 is 0 Å². The predicted molar refractivity (Wildman–Crippen MR) is 111 cm³/mol. The summed E-state index contributed by atoms with van der Waals surface area (Å²) in [6, 6.07) is 14.3. The van der Waals surface area contributed by atoms with E-state index in [0.717, 1.165) is 43.1 Å². The number of para-hydroxylation sites is 1. The standard InChI is InChI=1S/C20H15BrN6/c1-27-10-15(12-4-2-3-5-17(12)27)18-19(25-26-20(22)24-18)14-9-23-16-7-6-11(21)8-13(14)16/h2-10,23H,1H3,(H2,22,24,26). The van der Waals surface area contributed by atoms with Gasteiger partial charge in [-0.05, 0) is 24.3 Å². The average molecular weight is 419 g/mol. The zero-order valence-electron chi connectivity index (χ0n) is 14.4. The van der Waals surface area contributed by atoms with E-state index in [1.54, 1.807) is 0 Å². The molecule has 2 aromatic carbocycles. The highest BCUT2D eigenvalue weighted by Crippen LogP contribution is 2.37. The molecule has 3 heterocycles. The van der Waals surface area contributed by atoms with E-state index in [-0.39, 0.29) is 5.95 Å². The first-order valence-corrected chi connectivity index (χ1v) is 9.23. The van der Waals surface area contributed by atoms with Crippen LogP contribution in [0.25, 0.3) is 44.3 Å². The Kier molecular flexibility index (Phi) is 3.51. The maximum absolute atomic E-state index is 5.90. The van der Waals surface area contributed by atoms with Crippen molar-refractivity contribution in [3.05, 3.63) is 59.3 Å². The van der Waals surface area contributed by atoms with Gasteiger partial charge in [0.15, 0.2) is 0 Å². The third kappa shape index (κ3) is 2.50. The van der Waals surface area contributed by atoms with Crippen molar-refractivity contribution in [1.82, 2.24) is 24.7 Å². The third-order valence-corrected chi connectivity index (χ3v) is 5.25. The molecule has 0 radical (unpaired) electrons. The molecule has 6 nitrogen and oxygen atoms in total. The summed E-state index contributed by atoms with van der Waals surface area (Å²) in [6.07, 6.45) is 4.00. The smallest absolute Gasteiger partial charge is 0.240 e. The van der Waals surface area contributed by atoms with Gasteiger partial charge in [-0.25, -0.2) is 4.98 Å². The van der Waals surface area contributed by atoms with Gasteiger partial charge in [0.05, 0.1) is 0 Å². The summed E-state index contributed by atoms with van der Waals surface area (Å²) in [5, 5.41) is 10.6. The Morgan fingerprint density at radius 1 is 1.00 bits per heavy atom. The second kappa shape index (κ2) is 5.92. The summed E-state index contributed by atoms with van der Waals surface area (Å²) < 4.78 is 3.08. The molecule has 0 aliphatic rings. The molecule has 0 aliphatic carbocycles. The molecule has 0 fully saturated rings. The molecule has 0 unspecified atom stereocenters. The van der Waals surface area contributed by atoms with Gasteiger partial charge in [0.1, 0.15) is 11.4 Å². The monoisotopic (exact) mass is 418 g/mol. The molecule has 0 saturated carbocycles. The highest BCUT2D eigenvalue weighted by molar-refractivity contribution is 9.10. The number of aromatic amines is 1. The van der Waals surface area contributed by atoms with Gasteiger partial charge in [-0.3, -0.25) is 0 Å². The number of aromatic nitrogens is 5. The van der Waals surface area contributed by atoms with E-state index in [0.29, 0.717) is 5.69 Å². The van der Waals surface area contributed by atoms with Crippen molar-refractivity contribution in [3.8, 4) is 22.5 Å². The molecule has 0 atom stereocenters. The molecule has 27 heavy (non-hydrogen) atoms. The Balaban J connectivity index is 1.84. The first-order chi connectivity index (χ1) is 13.1. The molecule has 0 saturated heterocycles. The number of aryl methyl sites for hydroxylation is 1. The molecule has 132 valence electrons. The van der Waals surface area contributed by atoms with E-state index < -0.39 is 0 Å². The van der Waals surface area contributed by atoms with Gasteiger partial charge in [0, 0.05) is 56.8 Å². The van der Waals surface area contributed by atoms with Crippen molar-refractivity contribution in [2.45, 2.75) is 0 Å². The van der Waals surface area contributed by atoms with Crippen LogP contribution in [0.2, 0.25) is 0 Å². The number of benzene rings is 2. The fourth-order valence-electron chi connectivity index (χ4n) is 3.53. The zero-order valence-corrected chi connectivity index (χ0v) is 16.0. The summed E-state index contributed by atoms with van der Waals surface area (Å²) >= 11 is 3.55. The summed E-state index contributed by atoms with van der Waals surface area (Å²) in [4.78, 5) is 7.85. The number of hydrogen-bond donors (Lipinski definition) is 2. The van der Waals surface area contributed by atoms with Crippen LogP contribution in [0, 0.1) is 0 Å². The number of nitrogens with zero attached hydrogens (tertiary/aromatic N) is 4. The first kappa shape index (κ1) is 16.0. The maximum Gasteiger partial charge on any atom is 0.240 e.